The second-order valence-corrected chi connectivity index (χ2v) is 4.60. The maximum atomic E-state index is 10.2. The van der Waals surface area contributed by atoms with Gasteiger partial charge in [0, 0.05) is 0 Å². The van der Waals surface area contributed by atoms with Crippen LogP contribution >= 0.6 is 0 Å². The number of rotatable bonds is 3. The van der Waals surface area contributed by atoms with Crippen LogP contribution in [0.3, 0.4) is 0 Å². The zero-order valence-electron chi connectivity index (χ0n) is 10.0. The van der Waals surface area contributed by atoms with Gasteiger partial charge in [-0.15, -0.1) is 0 Å². The standard InChI is InChI=1S/C14H20O2/c1-3-11-5-7-12(8-6-11)14(15)13-9-4-10(2)16-13/h5-8,10,13-15H,3-4,9H2,1-2H3. The van der Waals surface area contributed by atoms with Gasteiger partial charge in [0.05, 0.1) is 12.2 Å². The molecule has 1 aromatic rings. The highest BCUT2D eigenvalue weighted by Gasteiger charge is 2.29. The molecule has 2 nitrogen and oxygen atoms in total. The van der Waals surface area contributed by atoms with Crippen molar-refractivity contribution in [2.45, 2.75) is 51.4 Å². The van der Waals surface area contributed by atoms with Crippen LogP contribution in [-0.2, 0) is 11.2 Å². The minimum Gasteiger partial charge on any atom is -0.386 e. The lowest BCUT2D eigenvalue weighted by molar-refractivity contribution is -0.0297. The highest BCUT2D eigenvalue weighted by molar-refractivity contribution is 5.24. The Bertz CT molecular complexity index is 331. The summed E-state index contributed by atoms with van der Waals surface area (Å²) in [5.41, 5.74) is 2.27. The number of aliphatic hydroxyl groups excluding tert-OH is 1. The van der Waals surface area contributed by atoms with Gasteiger partial charge in [-0.25, -0.2) is 0 Å². The lowest BCUT2D eigenvalue weighted by atomic mass is 10.0. The van der Waals surface area contributed by atoms with Gasteiger partial charge in [-0.3, -0.25) is 0 Å². The zero-order chi connectivity index (χ0) is 11.5. The summed E-state index contributed by atoms with van der Waals surface area (Å²) in [6, 6.07) is 8.18. The molecule has 88 valence electrons. The molecule has 1 saturated heterocycles. The quantitative estimate of drug-likeness (QED) is 0.848. The van der Waals surface area contributed by atoms with Crippen LogP contribution in [0.4, 0.5) is 0 Å². The summed E-state index contributed by atoms with van der Waals surface area (Å²) in [7, 11) is 0. The molecule has 0 aromatic heterocycles. The molecule has 3 unspecified atom stereocenters. The van der Waals surface area contributed by atoms with E-state index in [1.807, 2.05) is 12.1 Å². The average molecular weight is 220 g/mol. The Hall–Kier alpha value is -0.860. The van der Waals surface area contributed by atoms with Gasteiger partial charge >= 0.3 is 0 Å². The molecule has 1 aliphatic rings. The number of aliphatic hydroxyl groups is 1. The fourth-order valence-electron chi connectivity index (χ4n) is 2.23. The number of aryl methyl sites for hydroxylation is 1. The Morgan fingerprint density at radius 2 is 2.00 bits per heavy atom. The van der Waals surface area contributed by atoms with E-state index in [4.69, 9.17) is 4.74 Å². The van der Waals surface area contributed by atoms with Gasteiger partial charge in [-0.2, -0.15) is 0 Å². The zero-order valence-corrected chi connectivity index (χ0v) is 10.0. The Morgan fingerprint density at radius 3 is 2.50 bits per heavy atom. The first-order valence-electron chi connectivity index (χ1n) is 6.13. The van der Waals surface area contributed by atoms with Crippen LogP contribution in [0, 0.1) is 0 Å². The molecule has 0 spiro atoms. The molecule has 0 radical (unpaired) electrons. The molecule has 0 saturated carbocycles. The van der Waals surface area contributed by atoms with Crippen molar-refractivity contribution in [1.29, 1.82) is 0 Å². The molecule has 1 heterocycles. The van der Waals surface area contributed by atoms with Crippen molar-refractivity contribution in [3.8, 4) is 0 Å². The molecule has 3 atom stereocenters. The van der Waals surface area contributed by atoms with Gasteiger partial charge in [-0.05, 0) is 37.3 Å². The van der Waals surface area contributed by atoms with Gasteiger partial charge in [0.1, 0.15) is 6.10 Å². The van der Waals surface area contributed by atoms with Gasteiger partial charge in [0.25, 0.3) is 0 Å². The first kappa shape index (κ1) is 11.6. The van der Waals surface area contributed by atoms with Crippen molar-refractivity contribution < 1.29 is 9.84 Å². The van der Waals surface area contributed by atoms with Gasteiger partial charge in [0.2, 0.25) is 0 Å². The minimum absolute atomic E-state index is 0.0255. The summed E-state index contributed by atoms with van der Waals surface area (Å²) in [5.74, 6) is 0. The summed E-state index contributed by atoms with van der Waals surface area (Å²) in [4.78, 5) is 0. The normalized spacial score (nSPS) is 26.9. The Balaban J connectivity index is 2.05. The summed E-state index contributed by atoms with van der Waals surface area (Å²) in [6.45, 7) is 4.19. The second kappa shape index (κ2) is 4.98. The van der Waals surface area contributed by atoms with Crippen LogP contribution in [0.15, 0.2) is 24.3 Å². The predicted octanol–water partition coefficient (Wildman–Crippen LogP) is 2.85. The number of hydrogen-bond donors (Lipinski definition) is 1. The molecule has 0 amide bonds. The van der Waals surface area contributed by atoms with Gasteiger partial charge in [-0.1, -0.05) is 31.2 Å². The van der Waals surface area contributed by atoms with E-state index >= 15 is 0 Å². The second-order valence-electron chi connectivity index (χ2n) is 4.60. The van der Waals surface area contributed by atoms with Crippen molar-refractivity contribution in [2.75, 3.05) is 0 Å². The van der Waals surface area contributed by atoms with E-state index in [0.29, 0.717) is 0 Å². The molecule has 2 heteroatoms. The molecule has 16 heavy (non-hydrogen) atoms. The van der Waals surface area contributed by atoms with Gasteiger partial charge < -0.3 is 9.84 Å². The summed E-state index contributed by atoms with van der Waals surface area (Å²) >= 11 is 0. The third kappa shape index (κ3) is 2.45. The van der Waals surface area contributed by atoms with E-state index in [1.54, 1.807) is 0 Å². The predicted molar refractivity (Wildman–Crippen MR) is 64.3 cm³/mol. The van der Waals surface area contributed by atoms with E-state index in [1.165, 1.54) is 5.56 Å². The summed E-state index contributed by atoms with van der Waals surface area (Å²) in [5, 5.41) is 10.2. The Morgan fingerprint density at radius 1 is 1.31 bits per heavy atom. The minimum atomic E-state index is -0.476. The molecule has 0 bridgehead atoms. The van der Waals surface area contributed by atoms with E-state index in [-0.39, 0.29) is 12.2 Å². The third-order valence-corrected chi connectivity index (χ3v) is 3.35. The molecular weight excluding hydrogens is 200 g/mol. The monoisotopic (exact) mass is 220 g/mol. The smallest absolute Gasteiger partial charge is 0.105 e. The summed E-state index contributed by atoms with van der Waals surface area (Å²) in [6.07, 6.45) is 2.83. The first-order valence-corrected chi connectivity index (χ1v) is 6.13. The third-order valence-electron chi connectivity index (χ3n) is 3.35. The molecule has 1 N–H and O–H groups in total. The van der Waals surface area contributed by atoms with Crippen molar-refractivity contribution in [1.82, 2.24) is 0 Å². The van der Waals surface area contributed by atoms with E-state index in [0.717, 1.165) is 24.8 Å². The molecule has 0 aliphatic carbocycles. The van der Waals surface area contributed by atoms with Crippen LogP contribution in [0.2, 0.25) is 0 Å². The van der Waals surface area contributed by atoms with Crippen LogP contribution < -0.4 is 0 Å². The highest BCUT2D eigenvalue weighted by Crippen LogP contribution is 2.29. The molecular formula is C14H20O2. The lowest BCUT2D eigenvalue weighted by Gasteiger charge is -2.18. The number of benzene rings is 1. The highest BCUT2D eigenvalue weighted by atomic mass is 16.5. The van der Waals surface area contributed by atoms with Crippen molar-refractivity contribution in [2.24, 2.45) is 0 Å². The van der Waals surface area contributed by atoms with Crippen molar-refractivity contribution in [3.05, 3.63) is 35.4 Å². The first-order chi connectivity index (χ1) is 7.70. The fourth-order valence-corrected chi connectivity index (χ4v) is 2.23. The van der Waals surface area contributed by atoms with Crippen molar-refractivity contribution in [3.63, 3.8) is 0 Å². The Kier molecular flexibility index (Phi) is 3.62. The SMILES string of the molecule is CCc1ccc(C(O)C2CCC(C)O2)cc1. The lowest BCUT2D eigenvalue weighted by Crippen LogP contribution is -2.18. The maximum Gasteiger partial charge on any atom is 0.105 e. The van der Waals surface area contributed by atoms with Crippen LogP contribution in [0.1, 0.15) is 43.9 Å². The van der Waals surface area contributed by atoms with Gasteiger partial charge in [0.15, 0.2) is 0 Å². The molecule has 2 rings (SSSR count). The number of hydrogen-bond acceptors (Lipinski definition) is 2. The Labute approximate surface area is 97.3 Å². The van der Waals surface area contributed by atoms with E-state index < -0.39 is 6.10 Å². The topological polar surface area (TPSA) is 29.5 Å². The van der Waals surface area contributed by atoms with Crippen LogP contribution in [-0.4, -0.2) is 17.3 Å². The van der Waals surface area contributed by atoms with Crippen molar-refractivity contribution >= 4 is 0 Å². The number of ether oxygens (including phenoxy) is 1. The molecule has 1 aliphatic heterocycles. The molecule has 1 fully saturated rings. The molecule has 1 aromatic carbocycles. The fraction of sp³-hybridized carbons (Fsp3) is 0.571. The van der Waals surface area contributed by atoms with E-state index in [2.05, 4.69) is 26.0 Å². The average Bonchev–Trinajstić information content (AvgIpc) is 2.75. The largest absolute Gasteiger partial charge is 0.386 e. The van der Waals surface area contributed by atoms with Crippen LogP contribution in [0.5, 0.6) is 0 Å². The van der Waals surface area contributed by atoms with E-state index in [9.17, 15) is 5.11 Å². The van der Waals surface area contributed by atoms with Crippen LogP contribution in [0.25, 0.3) is 0 Å². The maximum absolute atomic E-state index is 10.2. The summed E-state index contributed by atoms with van der Waals surface area (Å²) < 4.78 is 5.68.